The maximum absolute atomic E-state index is 12.1. The van der Waals surface area contributed by atoms with Gasteiger partial charge in [-0.3, -0.25) is 0 Å². The summed E-state index contributed by atoms with van der Waals surface area (Å²) >= 11 is 4.50. The Labute approximate surface area is 98.9 Å². The zero-order chi connectivity index (χ0) is 11.6. The molecule has 0 bridgehead atoms. The van der Waals surface area contributed by atoms with Gasteiger partial charge < -0.3 is 0 Å². The van der Waals surface area contributed by atoms with Gasteiger partial charge in [-0.1, -0.05) is 0 Å². The Bertz CT molecular complexity index is 432. The quantitative estimate of drug-likeness (QED) is 0.855. The SMILES string of the molecule is CN(Cc1cc(Br)cs1)S(=O)(=O)C(F)F. The fraction of sp³-hybridized carbons (Fsp3) is 0.429. The molecular weight excluding hydrogens is 312 g/mol. The van der Waals surface area contributed by atoms with Crippen LogP contribution in [-0.4, -0.2) is 25.5 Å². The lowest BCUT2D eigenvalue weighted by Gasteiger charge is -2.14. The van der Waals surface area contributed by atoms with Gasteiger partial charge in [0.1, 0.15) is 0 Å². The Balaban J connectivity index is 2.76. The molecule has 0 spiro atoms. The first kappa shape index (κ1) is 13.0. The third-order valence-electron chi connectivity index (χ3n) is 1.66. The second kappa shape index (κ2) is 4.86. The maximum Gasteiger partial charge on any atom is 0.350 e. The molecule has 0 aromatic carbocycles. The van der Waals surface area contributed by atoms with Gasteiger partial charge in [0, 0.05) is 28.3 Å². The average Bonchev–Trinajstić information content (AvgIpc) is 2.50. The average molecular weight is 320 g/mol. The van der Waals surface area contributed by atoms with Crippen LogP contribution in [0.1, 0.15) is 4.88 Å². The largest absolute Gasteiger partial charge is 0.350 e. The number of rotatable bonds is 4. The molecule has 15 heavy (non-hydrogen) atoms. The third-order valence-corrected chi connectivity index (χ3v) is 4.79. The Kier molecular flexibility index (Phi) is 4.21. The molecule has 1 aromatic rings. The molecule has 0 N–H and O–H groups in total. The number of hydrogen-bond acceptors (Lipinski definition) is 3. The van der Waals surface area contributed by atoms with E-state index in [-0.39, 0.29) is 6.54 Å². The third kappa shape index (κ3) is 3.20. The summed E-state index contributed by atoms with van der Waals surface area (Å²) in [4.78, 5) is 0.702. The van der Waals surface area contributed by atoms with Crippen LogP contribution < -0.4 is 0 Å². The second-order valence-corrected chi connectivity index (χ2v) is 6.71. The fourth-order valence-corrected chi connectivity index (χ4v) is 3.06. The van der Waals surface area contributed by atoms with Gasteiger partial charge in [0.15, 0.2) is 0 Å². The van der Waals surface area contributed by atoms with Crippen LogP contribution in [0.4, 0.5) is 8.78 Å². The molecule has 1 heterocycles. The number of sulfonamides is 1. The smallest absolute Gasteiger partial charge is 0.206 e. The summed E-state index contributed by atoms with van der Waals surface area (Å²) in [6, 6.07) is 1.70. The van der Waals surface area contributed by atoms with Crippen molar-refractivity contribution in [3.05, 3.63) is 20.8 Å². The fourth-order valence-electron chi connectivity index (χ4n) is 0.882. The van der Waals surface area contributed by atoms with Crippen molar-refractivity contribution in [1.29, 1.82) is 0 Å². The highest BCUT2D eigenvalue weighted by molar-refractivity contribution is 9.10. The van der Waals surface area contributed by atoms with Crippen molar-refractivity contribution in [3.63, 3.8) is 0 Å². The normalized spacial score (nSPS) is 12.7. The van der Waals surface area contributed by atoms with Crippen LogP contribution >= 0.6 is 27.3 Å². The van der Waals surface area contributed by atoms with Gasteiger partial charge in [-0.2, -0.15) is 13.1 Å². The minimum atomic E-state index is -4.47. The van der Waals surface area contributed by atoms with Gasteiger partial charge in [-0.15, -0.1) is 11.3 Å². The molecule has 0 saturated carbocycles. The first-order valence-corrected chi connectivity index (χ1v) is 6.98. The number of nitrogens with zero attached hydrogens (tertiary/aromatic N) is 1. The molecule has 1 rings (SSSR count). The highest BCUT2D eigenvalue weighted by Gasteiger charge is 2.29. The number of thiophene rings is 1. The van der Waals surface area contributed by atoms with Crippen molar-refractivity contribution in [3.8, 4) is 0 Å². The van der Waals surface area contributed by atoms with E-state index in [2.05, 4.69) is 15.9 Å². The van der Waals surface area contributed by atoms with Crippen molar-refractivity contribution in [2.24, 2.45) is 0 Å². The van der Waals surface area contributed by atoms with Crippen molar-refractivity contribution < 1.29 is 17.2 Å². The highest BCUT2D eigenvalue weighted by Crippen LogP contribution is 2.22. The summed E-state index contributed by atoms with van der Waals surface area (Å²) < 4.78 is 47.8. The maximum atomic E-state index is 12.1. The highest BCUT2D eigenvalue weighted by atomic mass is 79.9. The summed E-state index contributed by atoms with van der Waals surface area (Å²) in [5, 5.41) is 1.76. The summed E-state index contributed by atoms with van der Waals surface area (Å²) in [6.07, 6.45) is 0. The molecule has 86 valence electrons. The minimum absolute atomic E-state index is 0.0388. The molecule has 3 nitrogen and oxygen atoms in total. The second-order valence-electron chi connectivity index (χ2n) is 2.79. The van der Waals surface area contributed by atoms with Crippen LogP contribution in [0.15, 0.2) is 15.9 Å². The van der Waals surface area contributed by atoms with Crippen LogP contribution in [0.25, 0.3) is 0 Å². The van der Waals surface area contributed by atoms with Crippen molar-refractivity contribution in [2.45, 2.75) is 12.3 Å². The van der Waals surface area contributed by atoms with Gasteiger partial charge in [0.25, 0.3) is 10.0 Å². The lowest BCUT2D eigenvalue weighted by molar-refractivity contribution is 0.222. The number of alkyl halides is 2. The van der Waals surface area contributed by atoms with Gasteiger partial charge in [0.2, 0.25) is 0 Å². The molecule has 8 heteroatoms. The van der Waals surface area contributed by atoms with E-state index >= 15 is 0 Å². The van der Waals surface area contributed by atoms with Gasteiger partial charge >= 0.3 is 5.76 Å². The van der Waals surface area contributed by atoms with Crippen LogP contribution in [0.5, 0.6) is 0 Å². The van der Waals surface area contributed by atoms with E-state index in [9.17, 15) is 17.2 Å². The van der Waals surface area contributed by atoms with E-state index in [0.29, 0.717) is 9.18 Å². The van der Waals surface area contributed by atoms with E-state index < -0.39 is 15.8 Å². The molecule has 0 aliphatic heterocycles. The molecule has 0 atom stereocenters. The van der Waals surface area contributed by atoms with Gasteiger partial charge in [0.05, 0.1) is 0 Å². The summed E-state index contributed by atoms with van der Waals surface area (Å²) in [7, 11) is -3.34. The van der Waals surface area contributed by atoms with E-state index in [4.69, 9.17) is 0 Å². The molecule has 0 radical (unpaired) electrons. The lowest BCUT2D eigenvalue weighted by atomic mass is 10.5. The predicted octanol–water partition coefficient (Wildman–Crippen LogP) is 2.49. The van der Waals surface area contributed by atoms with Gasteiger partial charge in [-0.05, 0) is 22.0 Å². The molecule has 0 fully saturated rings. The molecular formula is C7H8BrF2NO2S2. The van der Waals surface area contributed by atoms with Crippen LogP contribution in [-0.2, 0) is 16.6 Å². The standard InChI is InChI=1S/C7H8BrF2NO2S2/c1-11(15(12,13)7(9)10)3-6-2-5(8)4-14-6/h2,4,7H,3H2,1H3. The Hall–Kier alpha value is -0.0500. The lowest BCUT2D eigenvalue weighted by Crippen LogP contribution is -2.31. The zero-order valence-electron chi connectivity index (χ0n) is 7.65. The van der Waals surface area contributed by atoms with Crippen LogP contribution in [0.2, 0.25) is 0 Å². The van der Waals surface area contributed by atoms with Crippen molar-refractivity contribution in [2.75, 3.05) is 7.05 Å². The Morgan fingerprint density at radius 2 is 2.20 bits per heavy atom. The predicted molar refractivity (Wildman–Crippen MR) is 58.4 cm³/mol. The molecule has 0 aliphatic rings. The number of hydrogen-bond donors (Lipinski definition) is 0. The van der Waals surface area contributed by atoms with Crippen molar-refractivity contribution in [1.82, 2.24) is 4.31 Å². The Morgan fingerprint density at radius 3 is 2.60 bits per heavy atom. The van der Waals surface area contributed by atoms with E-state index in [1.807, 2.05) is 0 Å². The molecule has 0 aliphatic carbocycles. The van der Waals surface area contributed by atoms with E-state index in [0.717, 1.165) is 11.5 Å². The first-order chi connectivity index (χ1) is 6.84. The summed E-state index contributed by atoms with van der Waals surface area (Å²) in [6.45, 7) is -0.0388. The van der Waals surface area contributed by atoms with Gasteiger partial charge in [-0.25, -0.2) is 8.42 Å². The van der Waals surface area contributed by atoms with Crippen molar-refractivity contribution >= 4 is 37.3 Å². The zero-order valence-corrected chi connectivity index (χ0v) is 10.9. The molecule has 0 amide bonds. The molecule has 0 saturated heterocycles. The molecule has 1 aromatic heterocycles. The first-order valence-electron chi connectivity index (χ1n) is 3.80. The Morgan fingerprint density at radius 1 is 1.60 bits per heavy atom. The van der Waals surface area contributed by atoms with E-state index in [1.54, 1.807) is 11.4 Å². The minimum Gasteiger partial charge on any atom is -0.206 e. The monoisotopic (exact) mass is 319 g/mol. The van der Waals surface area contributed by atoms with Crippen LogP contribution in [0, 0.1) is 0 Å². The number of halogens is 3. The topological polar surface area (TPSA) is 37.4 Å². The summed E-state index contributed by atoms with van der Waals surface area (Å²) in [5.74, 6) is -3.37. The summed E-state index contributed by atoms with van der Waals surface area (Å²) in [5.41, 5.74) is 0. The molecule has 0 unspecified atom stereocenters. The van der Waals surface area contributed by atoms with Crippen LogP contribution in [0.3, 0.4) is 0 Å². The van der Waals surface area contributed by atoms with E-state index in [1.165, 1.54) is 11.3 Å².